The normalized spacial score (nSPS) is 10.3. The molecule has 1 heterocycles. The summed E-state index contributed by atoms with van der Waals surface area (Å²) in [7, 11) is 1.30. The summed E-state index contributed by atoms with van der Waals surface area (Å²) in [4.78, 5) is 21.9. The fourth-order valence-corrected chi connectivity index (χ4v) is 1.51. The quantitative estimate of drug-likeness (QED) is 0.599. The average molecular weight is 219 g/mol. The molecule has 0 aliphatic heterocycles. The van der Waals surface area contributed by atoms with Crippen molar-refractivity contribution in [1.29, 1.82) is 0 Å². The molecule has 0 spiro atoms. The number of aromatic amines is 1. The molecule has 1 aromatic heterocycles. The number of esters is 1. The first-order chi connectivity index (χ1) is 7.77. The van der Waals surface area contributed by atoms with Crippen molar-refractivity contribution in [3.8, 4) is 0 Å². The predicted octanol–water partition coefficient (Wildman–Crippen LogP) is 0.486. The molecule has 0 radical (unpaired) electrons. The van der Waals surface area contributed by atoms with Crippen LogP contribution in [0, 0.1) is 0 Å². The van der Waals surface area contributed by atoms with Crippen LogP contribution in [0.15, 0.2) is 12.1 Å². The van der Waals surface area contributed by atoms with Gasteiger partial charge in [0.1, 0.15) is 17.3 Å². The molecule has 0 bridgehead atoms. The molecule has 2 rings (SSSR count). The van der Waals surface area contributed by atoms with E-state index in [1.165, 1.54) is 7.11 Å². The van der Waals surface area contributed by atoms with E-state index in [4.69, 9.17) is 0 Å². The summed E-state index contributed by atoms with van der Waals surface area (Å²) in [5.74, 6) is -0.475. The van der Waals surface area contributed by atoms with Crippen LogP contribution in [-0.4, -0.2) is 34.8 Å². The van der Waals surface area contributed by atoms with E-state index in [0.29, 0.717) is 16.6 Å². The number of aromatic nitrogens is 3. The Morgan fingerprint density at radius 3 is 2.88 bits per heavy atom. The molecule has 0 unspecified atom stereocenters. The van der Waals surface area contributed by atoms with Crippen molar-refractivity contribution in [1.82, 2.24) is 15.4 Å². The molecule has 82 valence electrons. The highest BCUT2D eigenvalue weighted by molar-refractivity contribution is 6.02. The van der Waals surface area contributed by atoms with E-state index in [-0.39, 0.29) is 6.42 Å². The minimum absolute atomic E-state index is 0.241. The maximum Gasteiger partial charge on any atom is 0.340 e. The Bertz CT molecular complexity index is 547. The lowest BCUT2D eigenvalue weighted by Crippen LogP contribution is -2.03. The number of hydrogen-bond acceptors (Lipinski definition) is 5. The number of aldehydes is 1. The van der Waals surface area contributed by atoms with Gasteiger partial charge in [-0.15, -0.1) is 0 Å². The Morgan fingerprint density at radius 1 is 1.44 bits per heavy atom. The Kier molecular flexibility index (Phi) is 2.63. The molecule has 0 aliphatic carbocycles. The smallest absolute Gasteiger partial charge is 0.340 e. The average Bonchev–Trinajstić information content (AvgIpc) is 2.78. The Labute approximate surface area is 90.6 Å². The zero-order valence-electron chi connectivity index (χ0n) is 8.56. The lowest BCUT2D eigenvalue weighted by molar-refractivity contribution is -0.107. The molecular formula is C10H9N3O3. The van der Waals surface area contributed by atoms with Gasteiger partial charge in [0.15, 0.2) is 0 Å². The standard InChI is InChI=1S/C10H9N3O3/c1-16-10(15)7-3-2-6(4-5-14)8-9(7)12-13-11-8/h2-3,5H,4H2,1H3,(H,11,12,13). The number of H-pyrrole nitrogens is 1. The Morgan fingerprint density at radius 2 is 2.19 bits per heavy atom. The van der Waals surface area contributed by atoms with Crippen molar-refractivity contribution in [2.45, 2.75) is 6.42 Å². The van der Waals surface area contributed by atoms with E-state index >= 15 is 0 Å². The maximum atomic E-state index is 11.4. The van der Waals surface area contributed by atoms with Gasteiger partial charge in [-0.05, 0) is 11.6 Å². The van der Waals surface area contributed by atoms with Crippen LogP contribution in [0.3, 0.4) is 0 Å². The highest BCUT2D eigenvalue weighted by Gasteiger charge is 2.15. The van der Waals surface area contributed by atoms with Gasteiger partial charge in [-0.25, -0.2) is 4.79 Å². The third kappa shape index (κ3) is 1.54. The highest BCUT2D eigenvalue weighted by Crippen LogP contribution is 2.19. The van der Waals surface area contributed by atoms with E-state index in [9.17, 15) is 9.59 Å². The van der Waals surface area contributed by atoms with Crippen molar-refractivity contribution in [3.63, 3.8) is 0 Å². The van der Waals surface area contributed by atoms with E-state index in [2.05, 4.69) is 20.1 Å². The molecule has 2 aromatic rings. The van der Waals surface area contributed by atoms with Gasteiger partial charge < -0.3 is 9.53 Å². The monoisotopic (exact) mass is 219 g/mol. The summed E-state index contributed by atoms with van der Waals surface area (Å²) in [6.45, 7) is 0. The molecule has 16 heavy (non-hydrogen) atoms. The van der Waals surface area contributed by atoms with E-state index in [1.807, 2.05) is 0 Å². The topological polar surface area (TPSA) is 84.9 Å². The third-order valence-electron chi connectivity index (χ3n) is 2.27. The molecule has 0 saturated carbocycles. The lowest BCUT2D eigenvalue weighted by Gasteiger charge is -2.01. The summed E-state index contributed by atoms with van der Waals surface area (Å²) in [5, 5.41) is 10.2. The van der Waals surface area contributed by atoms with Gasteiger partial charge in [-0.1, -0.05) is 6.07 Å². The summed E-state index contributed by atoms with van der Waals surface area (Å²) in [6, 6.07) is 3.25. The molecule has 1 aromatic carbocycles. The SMILES string of the molecule is COC(=O)c1ccc(CC=O)c2n[nH]nc12. The second-order valence-electron chi connectivity index (χ2n) is 3.16. The molecule has 1 N–H and O–H groups in total. The van der Waals surface area contributed by atoms with Crippen LogP contribution in [-0.2, 0) is 16.0 Å². The highest BCUT2D eigenvalue weighted by atomic mass is 16.5. The number of ether oxygens (including phenoxy) is 1. The first-order valence-electron chi connectivity index (χ1n) is 4.62. The van der Waals surface area contributed by atoms with Crippen molar-refractivity contribution >= 4 is 23.3 Å². The minimum Gasteiger partial charge on any atom is -0.465 e. The van der Waals surface area contributed by atoms with Gasteiger partial charge in [0.05, 0.1) is 12.7 Å². The predicted molar refractivity (Wildman–Crippen MR) is 55.0 cm³/mol. The Balaban J connectivity index is 2.63. The van der Waals surface area contributed by atoms with Gasteiger partial charge in [0.2, 0.25) is 0 Å². The van der Waals surface area contributed by atoms with Crippen LogP contribution < -0.4 is 0 Å². The number of hydrogen-bond donors (Lipinski definition) is 1. The first-order valence-corrected chi connectivity index (χ1v) is 4.62. The number of carbonyl (C=O) groups excluding carboxylic acids is 2. The summed E-state index contributed by atoms with van der Waals surface area (Å²) in [6.07, 6.45) is 1.02. The van der Waals surface area contributed by atoms with Crippen molar-refractivity contribution in [3.05, 3.63) is 23.3 Å². The van der Waals surface area contributed by atoms with E-state index in [1.54, 1.807) is 12.1 Å². The molecule has 0 aliphatic rings. The molecule has 0 fully saturated rings. The number of rotatable bonds is 3. The van der Waals surface area contributed by atoms with Crippen LogP contribution in [0.5, 0.6) is 0 Å². The van der Waals surface area contributed by atoms with Gasteiger partial charge in [0, 0.05) is 6.42 Å². The van der Waals surface area contributed by atoms with Gasteiger partial charge in [-0.3, -0.25) is 0 Å². The summed E-state index contributed by atoms with van der Waals surface area (Å²) in [5.41, 5.74) is 2.01. The number of carbonyl (C=O) groups is 2. The number of fused-ring (bicyclic) bond motifs is 1. The number of benzene rings is 1. The lowest BCUT2D eigenvalue weighted by atomic mass is 10.1. The second kappa shape index (κ2) is 4.09. The van der Waals surface area contributed by atoms with Crippen LogP contribution in [0.1, 0.15) is 15.9 Å². The van der Waals surface area contributed by atoms with Crippen LogP contribution in [0.25, 0.3) is 11.0 Å². The molecule has 0 saturated heterocycles. The zero-order valence-corrected chi connectivity index (χ0v) is 8.56. The fraction of sp³-hybridized carbons (Fsp3) is 0.200. The molecule has 6 nitrogen and oxygen atoms in total. The van der Waals surface area contributed by atoms with E-state index in [0.717, 1.165) is 11.8 Å². The van der Waals surface area contributed by atoms with Crippen LogP contribution >= 0.6 is 0 Å². The van der Waals surface area contributed by atoms with Crippen LogP contribution in [0.4, 0.5) is 0 Å². The second-order valence-corrected chi connectivity index (χ2v) is 3.16. The van der Waals surface area contributed by atoms with Gasteiger partial charge in [0.25, 0.3) is 0 Å². The van der Waals surface area contributed by atoms with Crippen molar-refractivity contribution in [2.24, 2.45) is 0 Å². The largest absolute Gasteiger partial charge is 0.465 e. The number of methoxy groups -OCH3 is 1. The van der Waals surface area contributed by atoms with Crippen LogP contribution in [0.2, 0.25) is 0 Å². The number of nitrogens with one attached hydrogen (secondary N) is 1. The summed E-state index contributed by atoms with van der Waals surface area (Å²) >= 11 is 0. The van der Waals surface area contributed by atoms with Crippen molar-refractivity contribution < 1.29 is 14.3 Å². The molecule has 6 heteroatoms. The van der Waals surface area contributed by atoms with Gasteiger partial charge in [-0.2, -0.15) is 15.4 Å². The number of nitrogens with zero attached hydrogens (tertiary/aromatic N) is 2. The van der Waals surface area contributed by atoms with Gasteiger partial charge >= 0.3 is 5.97 Å². The van der Waals surface area contributed by atoms with E-state index < -0.39 is 5.97 Å². The first kappa shape index (κ1) is 10.3. The van der Waals surface area contributed by atoms with Crippen molar-refractivity contribution in [2.75, 3.05) is 7.11 Å². The molecule has 0 amide bonds. The third-order valence-corrected chi connectivity index (χ3v) is 2.27. The zero-order chi connectivity index (χ0) is 11.5. The Hall–Kier alpha value is -2.24. The molecule has 0 atom stereocenters. The fourth-order valence-electron chi connectivity index (χ4n) is 1.51. The maximum absolute atomic E-state index is 11.4. The summed E-state index contributed by atoms with van der Waals surface area (Å²) < 4.78 is 4.62. The molecular weight excluding hydrogens is 210 g/mol. The minimum atomic E-state index is -0.475.